The maximum absolute atomic E-state index is 14.5. The zero-order valence-corrected chi connectivity index (χ0v) is 27.5. The number of hydrogen-bond acceptors (Lipinski definition) is 7. The number of aliphatic hydroxyl groups is 1. The lowest BCUT2D eigenvalue weighted by molar-refractivity contribution is -0.143. The molecule has 7 rings (SSSR count). The lowest BCUT2D eigenvalue weighted by atomic mass is 9.93. The van der Waals surface area contributed by atoms with Crippen LogP contribution in [0.5, 0.6) is 0 Å². The lowest BCUT2D eigenvalue weighted by Crippen LogP contribution is -2.52. The maximum Gasteiger partial charge on any atom is 0.264 e. The fraction of sp³-hybridized carbons (Fsp3) is 0.243. The van der Waals surface area contributed by atoms with Gasteiger partial charge in [0, 0.05) is 55.4 Å². The number of nitrogens with one attached hydrogen (secondary N) is 1. The smallest absolute Gasteiger partial charge is 0.264 e. The molecule has 2 N–H and O–H groups in total. The number of para-hydroxylation sites is 1. The zero-order valence-electron chi connectivity index (χ0n) is 27.5. The summed E-state index contributed by atoms with van der Waals surface area (Å²) >= 11 is 0. The lowest BCUT2D eigenvalue weighted by Gasteiger charge is -2.40. The molecule has 2 atom stereocenters. The summed E-state index contributed by atoms with van der Waals surface area (Å²) in [6.45, 7) is 6.02. The summed E-state index contributed by atoms with van der Waals surface area (Å²) in [5.74, 6) is 5.86. The van der Waals surface area contributed by atoms with Gasteiger partial charge in [0.15, 0.2) is 5.65 Å². The van der Waals surface area contributed by atoms with Gasteiger partial charge in [-0.15, -0.1) is 0 Å². The molecule has 2 aromatic carbocycles. The van der Waals surface area contributed by atoms with Crippen molar-refractivity contribution < 1.29 is 14.7 Å². The van der Waals surface area contributed by atoms with Gasteiger partial charge in [0.25, 0.3) is 17.4 Å². The molecule has 1 fully saturated rings. The van der Waals surface area contributed by atoms with E-state index in [2.05, 4.69) is 32.3 Å². The van der Waals surface area contributed by atoms with Crippen LogP contribution >= 0.6 is 0 Å². The number of fused-ring (bicyclic) bond motifs is 2. The summed E-state index contributed by atoms with van der Waals surface area (Å²) < 4.78 is 4.95. The van der Waals surface area contributed by atoms with Crippen molar-refractivity contribution >= 4 is 28.2 Å². The summed E-state index contributed by atoms with van der Waals surface area (Å²) in [5.41, 5.74) is 4.51. The minimum Gasteiger partial charge on any atom is -0.384 e. The van der Waals surface area contributed by atoms with Gasteiger partial charge in [-0.25, -0.2) is 9.50 Å². The number of carbonyl (C=O) groups is 2. The van der Waals surface area contributed by atoms with Crippen LogP contribution in [0.15, 0.2) is 84.0 Å². The second kappa shape index (κ2) is 12.5. The summed E-state index contributed by atoms with van der Waals surface area (Å²) in [6, 6.07) is 17.9. The fourth-order valence-electron chi connectivity index (χ4n) is 6.51. The molecular weight excluding hydrogens is 620 g/mol. The Morgan fingerprint density at radius 3 is 2.53 bits per heavy atom. The van der Waals surface area contributed by atoms with E-state index in [1.54, 1.807) is 50.2 Å². The van der Waals surface area contributed by atoms with Crippen molar-refractivity contribution in [1.82, 2.24) is 39.2 Å². The normalized spacial score (nSPS) is 14.3. The molecule has 12 nitrogen and oxygen atoms in total. The molecule has 246 valence electrons. The second-order valence-electron chi connectivity index (χ2n) is 12.3. The van der Waals surface area contributed by atoms with Crippen LogP contribution < -0.4 is 10.9 Å². The highest BCUT2D eigenvalue weighted by Gasteiger charge is 2.36. The molecule has 6 aromatic rings. The molecule has 1 aliphatic heterocycles. The molecule has 12 heteroatoms. The second-order valence-corrected chi connectivity index (χ2v) is 12.3. The van der Waals surface area contributed by atoms with E-state index < -0.39 is 12.1 Å². The van der Waals surface area contributed by atoms with E-state index in [1.807, 2.05) is 68.6 Å². The summed E-state index contributed by atoms with van der Waals surface area (Å²) in [6.07, 6.45) is 4.00. The van der Waals surface area contributed by atoms with Crippen molar-refractivity contribution in [1.29, 1.82) is 0 Å². The van der Waals surface area contributed by atoms with Crippen LogP contribution in [0.3, 0.4) is 0 Å². The Bertz CT molecular complexity index is 2370. The number of pyridine rings is 1. The molecule has 0 saturated carbocycles. The molecule has 0 aliphatic carbocycles. The van der Waals surface area contributed by atoms with E-state index in [1.165, 1.54) is 6.92 Å². The van der Waals surface area contributed by atoms with Crippen molar-refractivity contribution in [2.24, 2.45) is 7.05 Å². The number of likely N-dealkylation sites (tertiary alicyclic amines) is 1. The van der Waals surface area contributed by atoms with E-state index in [4.69, 9.17) is 0 Å². The molecule has 0 spiro atoms. The Kier molecular flexibility index (Phi) is 8.06. The number of aryl methyl sites for hydroxylation is 2. The minimum atomic E-state index is -1.04. The third-order valence-electron chi connectivity index (χ3n) is 8.93. The van der Waals surface area contributed by atoms with E-state index in [-0.39, 0.29) is 23.3 Å². The van der Waals surface area contributed by atoms with Gasteiger partial charge in [0.05, 0.1) is 34.6 Å². The molecular formula is C37H34N8O4. The first-order valence-corrected chi connectivity index (χ1v) is 16.0. The van der Waals surface area contributed by atoms with Crippen LogP contribution in [0.4, 0.5) is 0 Å². The van der Waals surface area contributed by atoms with E-state index >= 15 is 0 Å². The molecule has 0 radical (unpaired) electrons. The molecule has 1 aliphatic rings. The molecule has 49 heavy (non-hydrogen) atoms. The first kappa shape index (κ1) is 31.5. The topological polar surface area (TPSA) is 140 Å². The average Bonchev–Trinajstić information content (AvgIpc) is 3.61. The monoisotopic (exact) mass is 654 g/mol. The van der Waals surface area contributed by atoms with Crippen molar-refractivity contribution in [3.05, 3.63) is 123 Å². The number of carbonyl (C=O) groups excluding carboxylic acids is 2. The Balaban J connectivity index is 1.27. The van der Waals surface area contributed by atoms with Gasteiger partial charge in [-0.3, -0.25) is 23.6 Å². The highest BCUT2D eigenvalue weighted by Crippen LogP contribution is 2.30. The third-order valence-corrected chi connectivity index (χ3v) is 8.93. The predicted octanol–water partition coefficient (Wildman–Crippen LogP) is 3.27. The van der Waals surface area contributed by atoms with E-state index in [9.17, 15) is 19.5 Å². The Morgan fingerprint density at radius 1 is 1.02 bits per heavy atom. The highest BCUT2D eigenvalue weighted by molar-refractivity contribution is 6.01. The first-order chi connectivity index (χ1) is 23.6. The van der Waals surface area contributed by atoms with E-state index in [0.717, 1.165) is 5.69 Å². The van der Waals surface area contributed by atoms with Crippen LogP contribution in [0.25, 0.3) is 22.1 Å². The van der Waals surface area contributed by atoms with Crippen molar-refractivity contribution in [2.45, 2.75) is 38.8 Å². The van der Waals surface area contributed by atoms with Crippen LogP contribution in [0.2, 0.25) is 0 Å². The van der Waals surface area contributed by atoms with Crippen LogP contribution in [-0.2, 0) is 11.8 Å². The summed E-state index contributed by atoms with van der Waals surface area (Å²) in [5, 5.41) is 22.7. The predicted molar refractivity (Wildman–Crippen MR) is 183 cm³/mol. The number of amides is 2. The number of aliphatic hydroxyl groups excluding tert-OH is 1. The maximum atomic E-state index is 14.5. The van der Waals surface area contributed by atoms with Gasteiger partial charge in [-0.2, -0.15) is 10.2 Å². The molecule has 1 unspecified atom stereocenters. The fourth-order valence-corrected chi connectivity index (χ4v) is 6.51. The highest BCUT2D eigenvalue weighted by atomic mass is 16.3. The number of aromatic nitrogens is 6. The van der Waals surface area contributed by atoms with Crippen LogP contribution in [-0.4, -0.2) is 70.0 Å². The van der Waals surface area contributed by atoms with Gasteiger partial charge in [-0.05, 0) is 56.5 Å². The average molecular weight is 655 g/mol. The summed E-state index contributed by atoms with van der Waals surface area (Å²) in [7, 11) is 1.84. The molecule has 4 aromatic heterocycles. The Morgan fingerprint density at radius 2 is 1.78 bits per heavy atom. The van der Waals surface area contributed by atoms with Gasteiger partial charge in [-0.1, -0.05) is 42.2 Å². The van der Waals surface area contributed by atoms with E-state index in [0.29, 0.717) is 63.3 Å². The van der Waals surface area contributed by atoms with Gasteiger partial charge >= 0.3 is 0 Å². The largest absolute Gasteiger partial charge is 0.384 e. The number of nitrogens with zero attached hydrogens (tertiary/aromatic N) is 7. The number of hydrogen-bond donors (Lipinski definition) is 2. The Hall–Kier alpha value is -6.06. The molecule has 2 amide bonds. The van der Waals surface area contributed by atoms with Gasteiger partial charge in [0.1, 0.15) is 11.7 Å². The third kappa shape index (κ3) is 5.64. The molecule has 1 saturated heterocycles. The first-order valence-electron chi connectivity index (χ1n) is 16.0. The SMILES string of the molecule is Cc1nn2cccnc2c1C(=O)N[C@@H](C)c1cc2cccc(C#Cc3cnn(C)c3C3CN(C(=O)C(C)O)C3)c2c(=O)n1-c1ccccc1. The van der Waals surface area contributed by atoms with Crippen LogP contribution in [0, 0.1) is 18.8 Å². The van der Waals surface area contributed by atoms with Gasteiger partial charge < -0.3 is 15.3 Å². The van der Waals surface area contributed by atoms with Crippen molar-refractivity contribution in [3.8, 4) is 17.5 Å². The minimum absolute atomic E-state index is 0.0295. The molecule has 0 bridgehead atoms. The van der Waals surface area contributed by atoms with Crippen molar-refractivity contribution in [2.75, 3.05) is 13.1 Å². The number of rotatable bonds is 6. The molecule has 5 heterocycles. The quantitative estimate of drug-likeness (QED) is 0.263. The standard InChI is InChI=1S/C37H34N8O4/c1-22(40-35(47)31-23(2)41-44-17-9-16-38-34(31)44)30-18-26-11-8-10-25(32(26)37(49)45(30)29-12-6-5-7-13-29)14-15-27-19-39-42(4)33(27)28-20-43(21-28)36(48)24(3)46/h5-13,16-19,22,24,28,46H,20-21H2,1-4H3,(H,40,47)/t22-,24?/m0/s1. The Labute approximate surface area is 281 Å². The summed E-state index contributed by atoms with van der Waals surface area (Å²) in [4.78, 5) is 46.3. The van der Waals surface area contributed by atoms with Crippen molar-refractivity contribution in [3.63, 3.8) is 0 Å². The zero-order chi connectivity index (χ0) is 34.4. The number of benzene rings is 2. The van der Waals surface area contributed by atoms with Gasteiger partial charge in [0.2, 0.25) is 0 Å². The van der Waals surface area contributed by atoms with Crippen LogP contribution in [0.1, 0.15) is 64.4 Å².